The summed E-state index contributed by atoms with van der Waals surface area (Å²) in [4.78, 5) is 35.9. The first kappa shape index (κ1) is 65.2. The lowest BCUT2D eigenvalue weighted by Crippen LogP contribution is -2.34. The Kier molecular flexibility index (Phi) is 18.2. The monoisotopic (exact) mass is 1360 g/mol. The molecule has 6 aromatic carbocycles. The first-order chi connectivity index (χ1) is 47.4. The summed E-state index contributed by atoms with van der Waals surface area (Å²) in [6, 6.07) is 56.0. The Hall–Kier alpha value is -11.4. The third kappa shape index (κ3) is 12.4. The van der Waals surface area contributed by atoms with Crippen LogP contribution in [0.15, 0.2) is 190 Å². The highest BCUT2D eigenvalue weighted by atomic mass is 35.5. The second kappa shape index (κ2) is 27.4. The summed E-state index contributed by atoms with van der Waals surface area (Å²) in [5.41, 5.74) is 16.8. The number of amides is 3. The minimum absolute atomic E-state index is 0.288. The average molecular weight is 1360 g/mol. The molecule has 98 heavy (non-hydrogen) atoms. The van der Waals surface area contributed by atoms with Gasteiger partial charge in [0.25, 0.3) is 5.91 Å². The van der Waals surface area contributed by atoms with Crippen molar-refractivity contribution in [2.45, 2.75) is 91.3 Å². The predicted octanol–water partition coefficient (Wildman–Crippen LogP) is 13.2. The number of halogens is 1. The molecule has 11 aromatic rings. The molecule has 22 nitrogen and oxygen atoms in total. The van der Waals surface area contributed by atoms with Crippen LogP contribution in [0.4, 0.5) is 16.3 Å². The molecular weight excluding hydrogens is 1290 g/mol. The zero-order chi connectivity index (χ0) is 68.6. The van der Waals surface area contributed by atoms with E-state index >= 15 is 0 Å². The number of imide groups is 1. The molecule has 0 spiro atoms. The number of rotatable bonds is 14. The number of carbonyl (C=O) groups excluding carboxylic acids is 2. The van der Waals surface area contributed by atoms with Crippen LogP contribution >= 0.6 is 23.4 Å². The minimum Gasteiger partial charge on any atom is -0.385 e. The van der Waals surface area contributed by atoms with Crippen LogP contribution in [0, 0.1) is 75.5 Å². The Morgan fingerprint density at radius 1 is 0.694 bits per heavy atom. The van der Waals surface area contributed by atoms with Crippen molar-refractivity contribution < 1.29 is 22.8 Å². The standard InChI is InChI=1S/C33H30N6O4S2.C22H19N7O.C18H13ClN4/c1-20-13-14-21(2)29(15-20)43-45(42)36-25-11-8-12-26(16-25)44-30-17-28-27(18-34)22(3)31(39(28)35-30)38-32(40)23(4)37(33(38)41)19-24-9-6-5-7-10-24;1-13-8-9-19-17(10-13)25-27-29(19)22-14(2)16(12-23)20-11-18(26-28(20)22)21(30-24)15-6-4-3-5-7-15;1-12-5-4-6-13(9-12)15-10-16-14(11-20)17(18(19)23(16)21-15)22-7-2-3-8-22/h5-16,23,36H,17,19H2,1-4H3;3-10,21H,11,24H2,1-2H3;2-9H,10H2,1H3. The Bertz CT molecular complexity index is 5260. The lowest BCUT2D eigenvalue weighted by Gasteiger charge is -2.19. The first-order valence-electron chi connectivity index (χ1n) is 31.1. The van der Waals surface area contributed by atoms with Crippen molar-refractivity contribution in [1.29, 1.82) is 15.8 Å². The maximum Gasteiger partial charge on any atom is 0.333 e. The Morgan fingerprint density at radius 2 is 1.35 bits per heavy atom. The second-order valence-corrected chi connectivity index (χ2v) is 26.2. The number of nitriles is 3. The van der Waals surface area contributed by atoms with Crippen molar-refractivity contribution in [1.82, 2.24) is 38.5 Å². The van der Waals surface area contributed by atoms with E-state index in [9.17, 15) is 29.6 Å². The molecule has 25 heteroatoms. The van der Waals surface area contributed by atoms with Gasteiger partial charge >= 0.3 is 17.3 Å². The van der Waals surface area contributed by atoms with Gasteiger partial charge in [-0.25, -0.2) is 29.6 Å². The van der Waals surface area contributed by atoms with E-state index in [0.717, 1.165) is 82.6 Å². The Morgan fingerprint density at radius 3 is 2.06 bits per heavy atom. The molecule has 3 amide bonds. The predicted molar refractivity (Wildman–Crippen MR) is 378 cm³/mol. The number of aryl methyl sites for hydroxylation is 4. The molecule has 0 aliphatic carbocycles. The van der Waals surface area contributed by atoms with Crippen LogP contribution in [0.5, 0.6) is 5.75 Å². The molecule has 5 aromatic heterocycles. The number of urea groups is 1. The highest BCUT2D eigenvalue weighted by Crippen LogP contribution is 2.41. The summed E-state index contributed by atoms with van der Waals surface area (Å²) in [6.45, 7) is 13.5. The highest BCUT2D eigenvalue weighted by molar-refractivity contribution is 8.14. The Labute approximate surface area is 576 Å². The fourth-order valence-electron chi connectivity index (χ4n) is 12.4. The number of nitrogens with one attached hydrogen (secondary N) is 1. The molecule has 1 fully saturated rings. The number of hydrogen-bond acceptors (Lipinski definition) is 15. The van der Waals surface area contributed by atoms with Crippen LogP contribution in [-0.2, 0) is 46.7 Å². The number of hydrogen-bond donors (Lipinski definition) is 2. The van der Waals surface area contributed by atoms with Crippen LogP contribution in [0.25, 0.3) is 22.5 Å². The van der Waals surface area contributed by atoms with E-state index in [2.05, 4.69) is 57.4 Å². The summed E-state index contributed by atoms with van der Waals surface area (Å²) < 4.78 is 29.9. The van der Waals surface area contributed by atoms with E-state index in [1.807, 2.05) is 184 Å². The van der Waals surface area contributed by atoms with Gasteiger partial charge in [-0.05, 0) is 130 Å². The van der Waals surface area contributed by atoms with Crippen molar-refractivity contribution in [3.63, 3.8) is 0 Å². The lowest BCUT2D eigenvalue weighted by atomic mass is 10.0. The van der Waals surface area contributed by atoms with Crippen LogP contribution in [0.3, 0.4) is 0 Å². The zero-order valence-electron chi connectivity index (χ0n) is 54.2. The summed E-state index contributed by atoms with van der Waals surface area (Å²) in [7, 11) is 0. The molecular formula is C73H62ClN17O5S2. The zero-order valence-corrected chi connectivity index (χ0v) is 56.6. The van der Waals surface area contributed by atoms with E-state index in [-0.39, 0.29) is 12.5 Å². The largest absolute Gasteiger partial charge is 0.385 e. The van der Waals surface area contributed by atoms with Gasteiger partial charge in [0, 0.05) is 54.2 Å². The number of benzene rings is 6. The number of nitrogens with two attached hydrogens (primary N) is 1. The number of aromatic nitrogens is 7. The molecule has 3 atom stereocenters. The minimum atomic E-state index is -1.82. The van der Waals surface area contributed by atoms with Gasteiger partial charge in [-0.1, -0.05) is 143 Å². The van der Waals surface area contributed by atoms with Crippen molar-refractivity contribution in [2.75, 3.05) is 9.62 Å². The molecule has 4 aliphatic rings. The number of fused-ring (bicyclic) bond motifs is 4. The van der Waals surface area contributed by atoms with Crippen molar-refractivity contribution in [3.8, 4) is 35.5 Å². The van der Waals surface area contributed by atoms with Crippen molar-refractivity contribution in [3.05, 3.63) is 259 Å². The van der Waals surface area contributed by atoms with Gasteiger partial charge in [-0.2, -0.15) is 40.0 Å². The quantitative estimate of drug-likeness (QED) is 0.0760. The molecule has 4 aliphatic heterocycles. The third-order valence-electron chi connectivity index (χ3n) is 17.3. The van der Waals surface area contributed by atoms with E-state index in [0.29, 0.717) is 86.2 Å². The first-order valence-corrected chi connectivity index (χ1v) is 33.4. The normalized spacial score (nSPS) is 14.8. The highest BCUT2D eigenvalue weighted by Gasteiger charge is 2.47. The van der Waals surface area contributed by atoms with Gasteiger partial charge in [0.1, 0.15) is 63.7 Å². The topological polar surface area (TPSA) is 273 Å². The number of carbonyl (C=O) groups is 2. The van der Waals surface area contributed by atoms with Crippen LogP contribution in [0.1, 0.15) is 96.9 Å². The van der Waals surface area contributed by atoms with Crippen LogP contribution < -0.4 is 19.7 Å². The summed E-state index contributed by atoms with van der Waals surface area (Å²) in [5.74, 6) is 6.80. The van der Waals surface area contributed by atoms with Gasteiger partial charge in [0.05, 0.1) is 50.8 Å². The summed E-state index contributed by atoms with van der Waals surface area (Å²) in [5, 5.41) is 53.5. The molecule has 0 bridgehead atoms. The van der Waals surface area contributed by atoms with E-state index in [1.165, 1.54) is 22.2 Å². The fourth-order valence-corrected chi connectivity index (χ4v) is 14.4. The molecule has 488 valence electrons. The van der Waals surface area contributed by atoms with Crippen molar-refractivity contribution >= 4 is 85.6 Å². The number of anilines is 2. The van der Waals surface area contributed by atoms with Gasteiger partial charge < -0.3 is 13.7 Å². The van der Waals surface area contributed by atoms with Gasteiger partial charge in [-0.15, -0.1) is 5.10 Å². The maximum absolute atomic E-state index is 13.7. The third-order valence-corrected chi connectivity index (χ3v) is 19.3. The smallest absolute Gasteiger partial charge is 0.333 e. The maximum atomic E-state index is 13.7. The average Bonchev–Trinajstić information content (AvgIpc) is 1.59. The van der Waals surface area contributed by atoms with E-state index in [4.69, 9.17) is 36.7 Å². The number of nitrogens with zero attached hydrogens (tertiary/aromatic N) is 15. The van der Waals surface area contributed by atoms with Crippen LogP contribution in [0.2, 0.25) is 5.15 Å². The van der Waals surface area contributed by atoms with Gasteiger partial charge in [0.15, 0.2) is 11.0 Å². The molecule has 15 rings (SSSR count). The lowest BCUT2D eigenvalue weighted by molar-refractivity contribution is -0.119. The van der Waals surface area contributed by atoms with E-state index < -0.39 is 29.4 Å². The molecule has 0 radical (unpaired) electrons. The molecule has 9 heterocycles. The van der Waals surface area contributed by atoms with Gasteiger partial charge in [-0.3, -0.25) is 14.4 Å². The molecule has 1 saturated heterocycles. The van der Waals surface area contributed by atoms with Crippen LogP contribution in [-0.4, -0.2) is 77.1 Å². The molecule has 3 N–H and O–H groups in total. The van der Waals surface area contributed by atoms with E-state index in [1.54, 1.807) is 38.6 Å². The summed E-state index contributed by atoms with van der Waals surface area (Å²) in [6.07, 6.45) is 4.68. The van der Waals surface area contributed by atoms with Gasteiger partial charge in [0.2, 0.25) is 0 Å². The molecule has 3 unspecified atom stereocenters. The SMILES string of the molecule is Cc1ccc(C)c(OS(=O)Nc2cccc(SC3=Nn4c(c(C#N)c(C)c4N4C(=O)C(C)N(Cc5ccccc5)C4=O)C3)c2)c1.Cc1ccc2c(c1)nnn2-c1c(C)c(C#N)c2n1N=C(C(ON)c1ccccc1)C2.Cc1cccc(C2=Nn3c(Cl)c(-n4cccc4)c(C#N)c3C2)c1. The van der Waals surface area contributed by atoms with Crippen molar-refractivity contribution in [2.24, 2.45) is 21.2 Å². The number of thioether (sulfide) groups is 1. The second-order valence-electron chi connectivity index (χ2n) is 23.9. The fraction of sp³-hybridized carbons (Fsp3) is 0.178. The summed E-state index contributed by atoms with van der Waals surface area (Å²) >= 11 is 6.08. The Balaban J connectivity index is 0.000000141. The molecule has 0 saturated carbocycles.